The molecule has 0 amide bonds. The highest BCUT2D eigenvalue weighted by Gasteiger charge is 2.09. The van der Waals surface area contributed by atoms with Crippen molar-refractivity contribution in [1.82, 2.24) is 0 Å². The average molecular weight is 373 g/mol. The second-order valence-electron chi connectivity index (χ2n) is 4.65. The van der Waals surface area contributed by atoms with Crippen molar-refractivity contribution in [3.63, 3.8) is 0 Å². The third-order valence-corrected chi connectivity index (χ3v) is 4.25. The lowest BCUT2D eigenvalue weighted by Crippen LogP contribution is -2.43. The van der Waals surface area contributed by atoms with Crippen molar-refractivity contribution in [1.29, 1.82) is 0 Å². The molecule has 21 heavy (non-hydrogen) atoms. The van der Waals surface area contributed by atoms with E-state index in [9.17, 15) is 13.0 Å². The second kappa shape index (κ2) is 7.02. The summed E-state index contributed by atoms with van der Waals surface area (Å²) in [6.07, 6.45) is 3.55. The first-order chi connectivity index (χ1) is 9.61. The third-order valence-electron chi connectivity index (χ3n) is 2.64. The number of nitrogens with two attached hydrogens (primary N) is 1. The number of aryl methyl sites for hydroxylation is 3. The largest absolute Gasteiger partial charge is 0.744 e. The van der Waals surface area contributed by atoms with Crippen LogP contribution in [0, 0.1) is 20.8 Å². The molecular weight excluding hydrogens is 356 g/mol. The van der Waals surface area contributed by atoms with Gasteiger partial charge < -0.3 is 4.55 Å². The Morgan fingerprint density at radius 3 is 2.05 bits per heavy atom. The van der Waals surface area contributed by atoms with Crippen molar-refractivity contribution in [2.75, 3.05) is 5.84 Å². The van der Waals surface area contributed by atoms with Gasteiger partial charge in [0.2, 0.25) is 6.20 Å². The number of pyridine rings is 1. The number of aromatic nitrogens is 1. The lowest BCUT2D eigenvalue weighted by molar-refractivity contribution is -0.639. The molecule has 0 aliphatic carbocycles. The van der Waals surface area contributed by atoms with Gasteiger partial charge in [0.05, 0.1) is 9.37 Å². The summed E-state index contributed by atoms with van der Waals surface area (Å²) in [5.74, 6) is 5.35. The van der Waals surface area contributed by atoms with Gasteiger partial charge in [-0.2, -0.15) is 0 Å². The molecular formula is C14H17BrN2O3S. The Labute approximate surface area is 133 Å². The molecule has 0 aliphatic rings. The van der Waals surface area contributed by atoms with E-state index in [2.05, 4.69) is 15.9 Å². The van der Waals surface area contributed by atoms with Gasteiger partial charge in [0, 0.05) is 6.07 Å². The zero-order valence-electron chi connectivity index (χ0n) is 12.0. The van der Waals surface area contributed by atoms with Gasteiger partial charge in [-0.25, -0.2) is 14.3 Å². The van der Waals surface area contributed by atoms with Crippen LogP contribution in [0.2, 0.25) is 0 Å². The molecule has 2 rings (SSSR count). The molecule has 1 aromatic heterocycles. The lowest BCUT2D eigenvalue weighted by atomic mass is 10.1. The molecule has 1 heterocycles. The van der Waals surface area contributed by atoms with Crippen molar-refractivity contribution in [3.05, 3.63) is 57.8 Å². The molecule has 5 nitrogen and oxygen atoms in total. The Kier molecular flexibility index (Phi) is 5.88. The molecule has 0 saturated heterocycles. The fourth-order valence-electron chi connectivity index (χ4n) is 2.02. The first-order valence-corrected chi connectivity index (χ1v) is 8.27. The Balaban J connectivity index is 0.000000235. The van der Waals surface area contributed by atoms with Crippen LogP contribution < -0.4 is 10.5 Å². The maximum Gasteiger partial charge on any atom is 0.213 e. The molecule has 2 N–H and O–H groups in total. The number of hydrogen-bond acceptors (Lipinski definition) is 4. The summed E-state index contributed by atoms with van der Waals surface area (Å²) in [5.41, 5.74) is 2.00. The molecule has 0 saturated carbocycles. The second-order valence-corrected chi connectivity index (χ2v) is 6.88. The molecule has 0 unspecified atom stereocenters. The van der Waals surface area contributed by atoms with Crippen molar-refractivity contribution in [2.45, 2.75) is 25.7 Å². The van der Waals surface area contributed by atoms with E-state index in [0.717, 1.165) is 10.0 Å². The number of nitrogens with zero attached hydrogens (tertiary/aromatic N) is 1. The normalized spacial score (nSPS) is 10.7. The van der Waals surface area contributed by atoms with Crippen molar-refractivity contribution < 1.29 is 17.6 Å². The van der Waals surface area contributed by atoms with Gasteiger partial charge in [-0.1, -0.05) is 22.4 Å². The van der Waals surface area contributed by atoms with Crippen LogP contribution in [0.3, 0.4) is 0 Å². The van der Waals surface area contributed by atoms with Crippen molar-refractivity contribution >= 4 is 26.0 Å². The lowest BCUT2D eigenvalue weighted by Gasteiger charge is -2.14. The standard InChI is InChI=1S/C9H12O3S.C5H6BrN2/c1-6-4-7(2)9(8(3)5-6)13(10,11)12;6-5-2-1-3-8(7)4-5/h4-5H,1-3H3,(H,10,11,12);1-4H,7H2/q;+1/p-1. The molecule has 0 atom stereocenters. The molecule has 114 valence electrons. The fraction of sp³-hybridized carbons (Fsp3) is 0.214. The van der Waals surface area contributed by atoms with E-state index in [1.807, 2.05) is 19.1 Å². The summed E-state index contributed by atoms with van der Waals surface area (Å²) < 4.78 is 35.0. The number of rotatable bonds is 1. The number of benzene rings is 1. The van der Waals surface area contributed by atoms with E-state index in [1.165, 1.54) is 4.68 Å². The van der Waals surface area contributed by atoms with Crippen LogP contribution in [0.4, 0.5) is 0 Å². The molecule has 0 aliphatic heterocycles. The van der Waals surface area contributed by atoms with Crippen molar-refractivity contribution in [2.24, 2.45) is 0 Å². The quantitative estimate of drug-likeness (QED) is 0.470. The summed E-state index contributed by atoms with van der Waals surface area (Å²) in [7, 11) is -4.33. The highest BCUT2D eigenvalue weighted by Crippen LogP contribution is 2.20. The summed E-state index contributed by atoms with van der Waals surface area (Å²) >= 11 is 3.26. The van der Waals surface area contributed by atoms with Gasteiger partial charge in [0.25, 0.3) is 0 Å². The fourth-order valence-corrected chi connectivity index (χ4v) is 3.32. The van der Waals surface area contributed by atoms with Gasteiger partial charge in [0.15, 0.2) is 6.20 Å². The summed E-state index contributed by atoms with van der Waals surface area (Å²) in [5, 5.41) is 0. The van der Waals surface area contributed by atoms with Crippen LogP contribution in [-0.2, 0) is 10.1 Å². The highest BCUT2D eigenvalue weighted by atomic mass is 79.9. The Morgan fingerprint density at radius 1 is 1.19 bits per heavy atom. The predicted octanol–water partition coefficient (Wildman–Crippen LogP) is 1.97. The molecule has 2 aromatic rings. The Bertz CT molecular complexity index is 705. The highest BCUT2D eigenvalue weighted by molar-refractivity contribution is 9.10. The van der Waals surface area contributed by atoms with Crippen LogP contribution in [-0.4, -0.2) is 13.0 Å². The first-order valence-electron chi connectivity index (χ1n) is 6.07. The van der Waals surface area contributed by atoms with Crippen LogP contribution in [0.25, 0.3) is 0 Å². The van der Waals surface area contributed by atoms with Crippen LogP contribution in [0.5, 0.6) is 0 Å². The molecule has 0 fully saturated rings. The van der Waals surface area contributed by atoms with Crippen LogP contribution in [0.15, 0.2) is 46.0 Å². The molecule has 1 aromatic carbocycles. The SMILES string of the molecule is Cc1cc(C)c(S(=O)(=O)[O-])c(C)c1.N[n+]1cccc(Br)c1. The van der Waals surface area contributed by atoms with Gasteiger partial charge in [-0.3, -0.25) is 0 Å². The topological polar surface area (TPSA) is 87.1 Å². The molecule has 0 bridgehead atoms. The first kappa shape index (κ1) is 17.6. The molecule has 0 spiro atoms. The van der Waals surface area contributed by atoms with E-state index in [-0.39, 0.29) is 4.90 Å². The minimum absolute atomic E-state index is 0.0851. The van der Waals surface area contributed by atoms with Gasteiger partial charge in [-0.05, 0) is 53.9 Å². The van der Waals surface area contributed by atoms with Gasteiger partial charge >= 0.3 is 0 Å². The summed E-state index contributed by atoms with van der Waals surface area (Å²) in [6.45, 7) is 5.12. The third kappa shape index (κ3) is 5.45. The van der Waals surface area contributed by atoms with Gasteiger partial charge in [0.1, 0.15) is 10.1 Å². The number of hydrogen-bond donors (Lipinski definition) is 1. The molecule has 0 radical (unpaired) electrons. The van der Waals surface area contributed by atoms with E-state index in [4.69, 9.17) is 5.84 Å². The number of halogens is 1. The minimum Gasteiger partial charge on any atom is -0.744 e. The smallest absolute Gasteiger partial charge is 0.213 e. The van der Waals surface area contributed by atoms with E-state index < -0.39 is 10.1 Å². The molecule has 7 heteroatoms. The van der Waals surface area contributed by atoms with Gasteiger partial charge in [-0.15, -0.1) is 0 Å². The zero-order valence-corrected chi connectivity index (χ0v) is 14.4. The number of nitrogen functional groups attached to an aromatic ring is 1. The summed E-state index contributed by atoms with van der Waals surface area (Å²) in [6, 6.07) is 7.17. The Hall–Kier alpha value is -1.44. The average Bonchev–Trinajstić information content (AvgIpc) is 2.25. The van der Waals surface area contributed by atoms with E-state index >= 15 is 0 Å². The van der Waals surface area contributed by atoms with Crippen LogP contribution in [0.1, 0.15) is 16.7 Å². The summed E-state index contributed by atoms with van der Waals surface area (Å²) in [4.78, 5) is -0.0851. The minimum atomic E-state index is -4.33. The Morgan fingerprint density at radius 2 is 1.71 bits per heavy atom. The monoisotopic (exact) mass is 372 g/mol. The predicted molar refractivity (Wildman–Crippen MR) is 83.1 cm³/mol. The maximum absolute atomic E-state index is 10.8. The van der Waals surface area contributed by atoms with E-state index in [0.29, 0.717) is 11.1 Å². The van der Waals surface area contributed by atoms with Crippen molar-refractivity contribution in [3.8, 4) is 0 Å². The van der Waals surface area contributed by atoms with Crippen LogP contribution >= 0.6 is 15.9 Å². The van der Waals surface area contributed by atoms with E-state index in [1.54, 1.807) is 38.4 Å². The maximum atomic E-state index is 10.8. The zero-order chi connectivity index (χ0) is 16.2.